The maximum Gasteiger partial charge on any atom is 0.257 e. The van der Waals surface area contributed by atoms with Crippen LogP contribution in [-0.4, -0.2) is 52.1 Å². The molecule has 5 rings (SSSR count). The zero-order chi connectivity index (χ0) is 24.4. The van der Waals surface area contributed by atoms with Gasteiger partial charge in [0.15, 0.2) is 5.75 Å². The topological polar surface area (TPSA) is 128 Å². The number of hydrogen-bond acceptors (Lipinski definition) is 9. The maximum atomic E-state index is 13.2. The van der Waals surface area contributed by atoms with Crippen molar-refractivity contribution in [3.8, 4) is 5.75 Å². The number of rotatable bonds is 6. The number of nitrogens with one attached hydrogen (secondary N) is 2. The summed E-state index contributed by atoms with van der Waals surface area (Å²) in [6, 6.07) is 15.4. The Morgan fingerprint density at radius 1 is 0.800 bits per heavy atom. The van der Waals surface area contributed by atoms with Gasteiger partial charge in [0.25, 0.3) is 16.8 Å². The van der Waals surface area contributed by atoms with Gasteiger partial charge in [0, 0.05) is 44.3 Å². The highest BCUT2D eigenvalue weighted by molar-refractivity contribution is 5.99. The fourth-order valence-corrected chi connectivity index (χ4v) is 3.98. The Balaban J connectivity index is 1.31. The standard InChI is InChI=1S/C25H22N6O4/c32-21-17(24(35)30-12-14-31(15-13-30)25-26-10-5-11-27-25)8-4-9-18(21)29-20-19(22(33)23(20)34)28-16-6-2-1-3-7-16/h1-11,28-29,32H,12-15H2. The predicted molar refractivity (Wildman–Crippen MR) is 133 cm³/mol. The highest BCUT2D eigenvalue weighted by atomic mass is 16.3. The molecule has 0 radical (unpaired) electrons. The molecule has 1 aliphatic heterocycles. The number of benzene rings is 2. The molecule has 2 heterocycles. The van der Waals surface area contributed by atoms with Crippen molar-refractivity contribution >= 4 is 34.6 Å². The maximum absolute atomic E-state index is 13.2. The van der Waals surface area contributed by atoms with E-state index in [9.17, 15) is 19.5 Å². The van der Waals surface area contributed by atoms with Crippen LogP contribution in [0, 0.1) is 0 Å². The molecular weight excluding hydrogens is 448 g/mol. The van der Waals surface area contributed by atoms with Crippen LogP contribution in [0.1, 0.15) is 10.4 Å². The molecule has 1 aromatic heterocycles. The zero-order valence-corrected chi connectivity index (χ0v) is 18.6. The van der Waals surface area contributed by atoms with Crippen LogP contribution in [0.4, 0.5) is 28.7 Å². The van der Waals surface area contributed by atoms with Gasteiger partial charge < -0.3 is 25.5 Å². The van der Waals surface area contributed by atoms with Gasteiger partial charge in [0.2, 0.25) is 5.95 Å². The number of aromatic nitrogens is 2. The number of phenols is 1. The average molecular weight is 470 g/mol. The number of carbonyl (C=O) groups is 1. The molecular formula is C25H22N6O4. The first-order valence-corrected chi connectivity index (χ1v) is 11.1. The number of phenolic OH excluding ortho intramolecular Hbond substituents is 1. The van der Waals surface area contributed by atoms with Gasteiger partial charge >= 0.3 is 0 Å². The molecule has 0 atom stereocenters. The van der Waals surface area contributed by atoms with Crippen molar-refractivity contribution in [2.45, 2.75) is 0 Å². The molecule has 10 nitrogen and oxygen atoms in total. The normalized spacial score (nSPS) is 13.6. The van der Waals surface area contributed by atoms with Crippen LogP contribution in [0.2, 0.25) is 0 Å². The highest BCUT2D eigenvalue weighted by Gasteiger charge is 2.27. The summed E-state index contributed by atoms with van der Waals surface area (Å²) >= 11 is 0. The SMILES string of the molecule is O=C(c1cccc(Nc2c(Nc3ccccc3)c(=O)c2=O)c1O)N1CCN(c2ncccn2)CC1. The molecule has 0 aliphatic carbocycles. The Morgan fingerprint density at radius 2 is 1.46 bits per heavy atom. The number of para-hydroxylation sites is 2. The van der Waals surface area contributed by atoms with Crippen LogP contribution in [0.3, 0.4) is 0 Å². The van der Waals surface area contributed by atoms with Crippen LogP contribution in [0.25, 0.3) is 0 Å². The minimum Gasteiger partial charge on any atom is -0.505 e. The Labute approximate surface area is 200 Å². The zero-order valence-electron chi connectivity index (χ0n) is 18.6. The summed E-state index contributed by atoms with van der Waals surface area (Å²) in [5, 5.41) is 16.6. The lowest BCUT2D eigenvalue weighted by atomic mass is 10.1. The van der Waals surface area contributed by atoms with E-state index >= 15 is 0 Å². The van der Waals surface area contributed by atoms with Crippen molar-refractivity contribution in [3.63, 3.8) is 0 Å². The summed E-state index contributed by atoms with van der Waals surface area (Å²) in [7, 11) is 0. The number of anilines is 5. The van der Waals surface area contributed by atoms with Gasteiger partial charge in [-0.05, 0) is 30.3 Å². The van der Waals surface area contributed by atoms with Gasteiger partial charge in [-0.15, -0.1) is 0 Å². The number of nitrogens with zero attached hydrogens (tertiary/aromatic N) is 4. The molecule has 1 amide bonds. The van der Waals surface area contributed by atoms with E-state index in [2.05, 4.69) is 20.6 Å². The van der Waals surface area contributed by atoms with Gasteiger partial charge in [0.05, 0.1) is 11.3 Å². The molecule has 3 N–H and O–H groups in total. The molecule has 176 valence electrons. The third-order valence-electron chi connectivity index (χ3n) is 5.88. The third-order valence-corrected chi connectivity index (χ3v) is 5.88. The van der Waals surface area contributed by atoms with Crippen LogP contribution in [0.15, 0.2) is 76.6 Å². The van der Waals surface area contributed by atoms with E-state index in [1.54, 1.807) is 59.8 Å². The Hall–Kier alpha value is -4.73. The van der Waals surface area contributed by atoms with E-state index in [1.165, 1.54) is 6.07 Å². The Kier molecular flexibility index (Phi) is 5.84. The third kappa shape index (κ3) is 4.29. The monoisotopic (exact) mass is 470 g/mol. The Morgan fingerprint density at radius 3 is 2.14 bits per heavy atom. The van der Waals surface area contributed by atoms with Crippen molar-refractivity contribution in [1.82, 2.24) is 14.9 Å². The van der Waals surface area contributed by atoms with Gasteiger partial charge in [-0.3, -0.25) is 14.4 Å². The first-order chi connectivity index (χ1) is 17.0. The van der Waals surface area contributed by atoms with Gasteiger partial charge in [-0.2, -0.15) is 0 Å². The quantitative estimate of drug-likeness (QED) is 0.287. The molecule has 4 aromatic rings. The van der Waals surface area contributed by atoms with Crippen molar-refractivity contribution < 1.29 is 9.90 Å². The minimum atomic E-state index is -0.696. The second-order valence-electron chi connectivity index (χ2n) is 8.05. The molecule has 35 heavy (non-hydrogen) atoms. The lowest BCUT2D eigenvalue weighted by molar-refractivity contribution is 0.0743. The predicted octanol–water partition coefficient (Wildman–Crippen LogP) is 2.23. The highest BCUT2D eigenvalue weighted by Crippen LogP contribution is 2.33. The molecule has 1 aliphatic rings. The van der Waals surface area contributed by atoms with Crippen LogP contribution < -0.4 is 26.4 Å². The summed E-state index contributed by atoms with van der Waals surface area (Å²) in [6.45, 7) is 2.01. The second kappa shape index (κ2) is 9.26. The van der Waals surface area contributed by atoms with Crippen LogP contribution in [-0.2, 0) is 0 Å². The largest absolute Gasteiger partial charge is 0.505 e. The number of hydrogen-bond donors (Lipinski definition) is 3. The molecule has 0 unspecified atom stereocenters. The van der Waals surface area contributed by atoms with E-state index in [0.29, 0.717) is 37.8 Å². The summed E-state index contributed by atoms with van der Waals surface area (Å²) < 4.78 is 0. The van der Waals surface area contributed by atoms with E-state index in [1.807, 2.05) is 11.0 Å². The molecule has 0 bridgehead atoms. The molecule has 3 aromatic carbocycles. The van der Waals surface area contributed by atoms with E-state index in [4.69, 9.17) is 0 Å². The first kappa shape index (κ1) is 22.1. The summed E-state index contributed by atoms with van der Waals surface area (Å²) in [4.78, 5) is 49.6. The number of amides is 1. The molecule has 1 saturated heterocycles. The Bertz CT molecular complexity index is 1430. The molecule has 0 saturated carbocycles. The smallest absolute Gasteiger partial charge is 0.257 e. The van der Waals surface area contributed by atoms with Gasteiger partial charge in [0.1, 0.15) is 11.4 Å². The number of aromatic hydroxyl groups is 1. The van der Waals surface area contributed by atoms with Crippen molar-refractivity contribution in [3.05, 3.63) is 93.0 Å². The lowest BCUT2D eigenvalue weighted by Gasteiger charge is -2.34. The molecule has 1 fully saturated rings. The summed E-state index contributed by atoms with van der Waals surface area (Å²) in [5.41, 5.74) is -0.282. The van der Waals surface area contributed by atoms with Gasteiger partial charge in [-0.1, -0.05) is 24.3 Å². The van der Waals surface area contributed by atoms with E-state index in [0.717, 1.165) is 0 Å². The summed E-state index contributed by atoms with van der Waals surface area (Å²) in [5.74, 6) is -0.000939. The van der Waals surface area contributed by atoms with Crippen LogP contribution >= 0.6 is 0 Å². The molecule has 0 spiro atoms. The first-order valence-electron chi connectivity index (χ1n) is 11.1. The fraction of sp³-hybridized carbons (Fsp3) is 0.160. The van der Waals surface area contributed by atoms with Gasteiger partial charge in [-0.25, -0.2) is 9.97 Å². The minimum absolute atomic E-state index is 0.0372. The van der Waals surface area contributed by atoms with Crippen LogP contribution in [0.5, 0.6) is 5.75 Å². The second-order valence-corrected chi connectivity index (χ2v) is 8.05. The average Bonchev–Trinajstić information content (AvgIpc) is 2.92. The fourth-order valence-electron chi connectivity index (χ4n) is 3.98. The van der Waals surface area contributed by atoms with E-state index < -0.39 is 10.9 Å². The van der Waals surface area contributed by atoms with Crippen molar-refractivity contribution in [2.75, 3.05) is 41.7 Å². The molecule has 10 heteroatoms. The lowest BCUT2D eigenvalue weighted by Crippen LogP contribution is -2.49. The van der Waals surface area contributed by atoms with E-state index in [-0.39, 0.29) is 34.3 Å². The summed E-state index contributed by atoms with van der Waals surface area (Å²) in [6.07, 6.45) is 3.35. The van der Waals surface area contributed by atoms with Crippen molar-refractivity contribution in [2.24, 2.45) is 0 Å². The number of carbonyl (C=O) groups excluding carboxylic acids is 1. The van der Waals surface area contributed by atoms with Crippen molar-refractivity contribution in [1.29, 1.82) is 0 Å². The number of piperazine rings is 1.